The first kappa shape index (κ1) is 10.0. The number of rotatable bonds is 4. The van der Waals surface area contributed by atoms with Crippen molar-refractivity contribution < 1.29 is 4.74 Å². The van der Waals surface area contributed by atoms with Gasteiger partial charge >= 0.3 is 0 Å². The van der Waals surface area contributed by atoms with E-state index >= 15 is 0 Å². The standard InChI is InChI=1S/C10H21NO/c1-8(2)6-7-12-10-5-3-4-9(10)11/h8-10H,3-7,11H2,1-2H3/t9-,10-/m0/s1. The molecule has 2 atom stereocenters. The van der Waals surface area contributed by atoms with Crippen molar-refractivity contribution in [2.45, 2.75) is 51.7 Å². The third-order valence-electron chi connectivity index (χ3n) is 2.53. The maximum absolute atomic E-state index is 5.87. The van der Waals surface area contributed by atoms with Crippen molar-refractivity contribution in [1.29, 1.82) is 0 Å². The van der Waals surface area contributed by atoms with Gasteiger partial charge in [-0.1, -0.05) is 13.8 Å². The van der Waals surface area contributed by atoms with Crippen LogP contribution in [0.1, 0.15) is 39.5 Å². The molecule has 1 rings (SSSR count). The summed E-state index contributed by atoms with van der Waals surface area (Å²) in [5.74, 6) is 0.739. The number of ether oxygens (including phenoxy) is 1. The predicted octanol–water partition coefficient (Wildman–Crippen LogP) is 1.93. The summed E-state index contributed by atoms with van der Waals surface area (Å²) in [6.07, 6.45) is 5.06. The third kappa shape index (κ3) is 3.11. The van der Waals surface area contributed by atoms with Crippen LogP contribution >= 0.6 is 0 Å². The first-order chi connectivity index (χ1) is 5.70. The first-order valence-electron chi connectivity index (χ1n) is 5.07. The molecule has 1 aliphatic carbocycles. The van der Waals surface area contributed by atoms with Crippen LogP contribution in [0, 0.1) is 5.92 Å². The molecule has 0 radical (unpaired) electrons. The van der Waals surface area contributed by atoms with Gasteiger partial charge in [0.1, 0.15) is 0 Å². The normalized spacial score (nSPS) is 30.0. The summed E-state index contributed by atoms with van der Waals surface area (Å²) in [7, 11) is 0. The van der Waals surface area contributed by atoms with E-state index in [2.05, 4.69) is 13.8 Å². The fourth-order valence-electron chi connectivity index (χ4n) is 1.62. The van der Waals surface area contributed by atoms with Gasteiger partial charge in [0, 0.05) is 12.6 Å². The van der Waals surface area contributed by atoms with Crippen LogP contribution < -0.4 is 5.73 Å². The molecule has 0 aromatic heterocycles. The fourth-order valence-corrected chi connectivity index (χ4v) is 1.62. The van der Waals surface area contributed by atoms with Gasteiger partial charge in [-0.2, -0.15) is 0 Å². The molecule has 1 fully saturated rings. The highest BCUT2D eigenvalue weighted by atomic mass is 16.5. The molecule has 1 aliphatic rings. The molecule has 0 saturated heterocycles. The van der Waals surface area contributed by atoms with Gasteiger partial charge in [0.15, 0.2) is 0 Å². The Balaban J connectivity index is 2.06. The topological polar surface area (TPSA) is 35.2 Å². The summed E-state index contributed by atoms with van der Waals surface area (Å²) in [5, 5.41) is 0. The molecule has 72 valence electrons. The molecule has 0 aromatic carbocycles. The zero-order valence-electron chi connectivity index (χ0n) is 8.25. The van der Waals surface area contributed by atoms with E-state index in [0.29, 0.717) is 12.1 Å². The maximum Gasteiger partial charge on any atom is 0.0725 e. The second-order valence-electron chi connectivity index (χ2n) is 4.19. The van der Waals surface area contributed by atoms with E-state index < -0.39 is 0 Å². The molecular formula is C10H21NO. The molecule has 12 heavy (non-hydrogen) atoms. The van der Waals surface area contributed by atoms with E-state index in [1.165, 1.54) is 12.8 Å². The van der Waals surface area contributed by atoms with E-state index in [0.717, 1.165) is 25.4 Å². The summed E-state index contributed by atoms with van der Waals surface area (Å²) in [6, 6.07) is 0.303. The van der Waals surface area contributed by atoms with Crippen molar-refractivity contribution in [3.63, 3.8) is 0 Å². The molecule has 2 nitrogen and oxygen atoms in total. The molecule has 0 aliphatic heterocycles. The van der Waals surface area contributed by atoms with Gasteiger partial charge in [0.25, 0.3) is 0 Å². The average Bonchev–Trinajstić information content (AvgIpc) is 2.36. The summed E-state index contributed by atoms with van der Waals surface area (Å²) in [5.41, 5.74) is 5.87. The molecule has 0 heterocycles. The van der Waals surface area contributed by atoms with E-state index in [-0.39, 0.29) is 0 Å². The van der Waals surface area contributed by atoms with Crippen molar-refractivity contribution in [3.05, 3.63) is 0 Å². The van der Waals surface area contributed by atoms with Crippen LogP contribution in [0.4, 0.5) is 0 Å². The second kappa shape index (κ2) is 4.83. The van der Waals surface area contributed by atoms with E-state index in [9.17, 15) is 0 Å². The lowest BCUT2D eigenvalue weighted by Crippen LogP contribution is -2.31. The number of nitrogens with two attached hydrogens (primary N) is 1. The minimum Gasteiger partial charge on any atom is -0.377 e. The van der Waals surface area contributed by atoms with Gasteiger partial charge in [-0.15, -0.1) is 0 Å². The number of hydrogen-bond acceptors (Lipinski definition) is 2. The molecule has 0 unspecified atom stereocenters. The fraction of sp³-hybridized carbons (Fsp3) is 1.00. The minimum atomic E-state index is 0.303. The molecule has 0 aromatic rings. The lowest BCUT2D eigenvalue weighted by Gasteiger charge is -2.16. The monoisotopic (exact) mass is 171 g/mol. The maximum atomic E-state index is 5.87. The van der Waals surface area contributed by atoms with Crippen LogP contribution in [0.15, 0.2) is 0 Å². The zero-order valence-corrected chi connectivity index (χ0v) is 8.25. The molecule has 1 saturated carbocycles. The summed E-state index contributed by atoms with van der Waals surface area (Å²) >= 11 is 0. The van der Waals surface area contributed by atoms with E-state index in [4.69, 9.17) is 10.5 Å². The molecule has 0 amide bonds. The van der Waals surface area contributed by atoms with Gasteiger partial charge in [-0.25, -0.2) is 0 Å². The summed E-state index contributed by atoms with van der Waals surface area (Å²) < 4.78 is 5.70. The van der Waals surface area contributed by atoms with Crippen molar-refractivity contribution in [3.8, 4) is 0 Å². The van der Waals surface area contributed by atoms with Crippen LogP contribution in [0.2, 0.25) is 0 Å². The highest BCUT2D eigenvalue weighted by molar-refractivity contribution is 4.80. The van der Waals surface area contributed by atoms with Crippen molar-refractivity contribution in [1.82, 2.24) is 0 Å². The van der Waals surface area contributed by atoms with Crippen LogP contribution in [-0.2, 0) is 4.74 Å². The highest BCUT2D eigenvalue weighted by Gasteiger charge is 2.23. The lowest BCUT2D eigenvalue weighted by molar-refractivity contribution is 0.0417. The van der Waals surface area contributed by atoms with Gasteiger partial charge < -0.3 is 10.5 Å². The Labute approximate surface area is 75.5 Å². The SMILES string of the molecule is CC(C)CCO[C@H]1CCC[C@@H]1N. The van der Waals surface area contributed by atoms with Crippen molar-refractivity contribution in [2.24, 2.45) is 11.7 Å². The molecule has 2 heteroatoms. The Bertz CT molecular complexity index is 125. The number of hydrogen-bond donors (Lipinski definition) is 1. The van der Waals surface area contributed by atoms with Crippen molar-refractivity contribution >= 4 is 0 Å². The molecule has 2 N–H and O–H groups in total. The molecule has 0 spiro atoms. The average molecular weight is 171 g/mol. The Morgan fingerprint density at radius 1 is 1.42 bits per heavy atom. The third-order valence-corrected chi connectivity index (χ3v) is 2.53. The Hall–Kier alpha value is -0.0800. The minimum absolute atomic E-state index is 0.303. The molecular weight excluding hydrogens is 150 g/mol. The lowest BCUT2D eigenvalue weighted by atomic mass is 10.1. The van der Waals surface area contributed by atoms with Gasteiger partial charge in [-0.05, 0) is 31.6 Å². The van der Waals surface area contributed by atoms with Gasteiger partial charge in [0.2, 0.25) is 0 Å². The van der Waals surface area contributed by atoms with Crippen LogP contribution in [-0.4, -0.2) is 18.8 Å². The van der Waals surface area contributed by atoms with Crippen LogP contribution in [0.25, 0.3) is 0 Å². The van der Waals surface area contributed by atoms with Crippen LogP contribution in [0.5, 0.6) is 0 Å². The van der Waals surface area contributed by atoms with Crippen LogP contribution in [0.3, 0.4) is 0 Å². The first-order valence-corrected chi connectivity index (χ1v) is 5.07. The Kier molecular flexibility index (Phi) is 4.02. The summed E-state index contributed by atoms with van der Waals surface area (Å²) in [6.45, 7) is 5.33. The molecule has 0 bridgehead atoms. The van der Waals surface area contributed by atoms with E-state index in [1.54, 1.807) is 0 Å². The van der Waals surface area contributed by atoms with E-state index in [1.807, 2.05) is 0 Å². The largest absolute Gasteiger partial charge is 0.377 e. The highest BCUT2D eigenvalue weighted by Crippen LogP contribution is 2.20. The summed E-state index contributed by atoms with van der Waals surface area (Å²) in [4.78, 5) is 0. The predicted molar refractivity (Wildman–Crippen MR) is 51.0 cm³/mol. The Morgan fingerprint density at radius 3 is 2.67 bits per heavy atom. The van der Waals surface area contributed by atoms with Gasteiger partial charge in [-0.3, -0.25) is 0 Å². The zero-order chi connectivity index (χ0) is 8.97. The Morgan fingerprint density at radius 2 is 2.17 bits per heavy atom. The smallest absolute Gasteiger partial charge is 0.0725 e. The van der Waals surface area contributed by atoms with Crippen molar-refractivity contribution in [2.75, 3.05) is 6.61 Å². The van der Waals surface area contributed by atoms with Gasteiger partial charge in [0.05, 0.1) is 6.10 Å². The second-order valence-corrected chi connectivity index (χ2v) is 4.19. The quantitative estimate of drug-likeness (QED) is 0.701.